The van der Waals surface area contributed by atoms with Crippen LogP contribution in [0.1, 0.15) is 77.6 Å². The second kappa shape index (κ2) is 15.9. The van der Waals surface area contributed by atoms with Crippen molar-refractivity contribution in [2.75, 3.05) is 19.5 Å². The summed E-state index contributed by atoms with van der Waals surface area (Å²) in [5.41, 5.74) is 0. The number of carbonyl (C=O) groups is 2. The number of thioether (sulfide) groups is 1. The van der Waals surface area contributed by atoms with Crippen LogP contribution in [0.2, 0.25) is 0 Å². The highest BCUT2D eigenvalue weighted by Crippen LogP contribution is 2.42. The van der Waals surface area contributed by atoms with Crippen LogP contribution in [-0.2, 0) is 14.3 Å². The second-order valence-corrected chi connectivity index (χ2v) is 9.36. The molecule has 6 heteroatoms. The summed E-state index contributed by atoms with van der Waals surface area (Å²) in [4.78, 5) is 23.7. The summed E-state index contributed by atoms with van der Waals surface area (Å²) >= 11 is 1.73. The number of Topliss-reactive ketones (excluding diaryl/α,β-unsaturated/α-hetero) is 1. The van der Waals surface area contributed by atoms with E-state index in [-0.39, 0.29) is 24.6 Å². The van der Waals surface area contributed by atoms with E-state index in [1.54, 1.807) is 11.8 Å². The Balaban J connectivity index is 2.49. The van der Waals surface area contributed by atoms with Gasteiger partial charge < -0.3 is 14.9 Å². The van der Waals surface area contributed by atoms with Gasteiger partial charge >= 0.3 is 5.97 Å². The first-order valence-electron chi connectivity index (χ1n) is 11.2. The molecule has 4 atom stereocenters. The number of ketones is 1. The molecule has 0 radical (unpaired) electrons. The molecule has 0 heterocycles. The molecule has 0 aromatic carbocycles. The quantitative estimate of drug-likeness (QED) is 0.217. The van der Waals surface area contributed by atoms with Crippen molar-refractivity contribution in [3.63, 3.8) is 0 Å². The average Bonchev–Trinajstić information content (AvgIpc) is 3.01. The zero-order valence-electron chi connectivity index (χ0n) is 18.2. The summed E-state index contributed by atoms with van der Waals surface area (Å²) in [6.07, 6.45) is 13.1. The molecule has 0 aromatic rings. The third-order valence-corrected chi connectivity index (χ3v) is 7.15. The summed E-state index contributed by atoms with van der Waals surface area (Å²) in [6.45, 7) is 2.28. The molecule has 5 nitrogen and oxygen atoms in total. The number of aliphatic hydroxyl groups is 2. The third-order valence-electron chi connectivity index (χ3n) is 5.79. The van der Waals surface area contributed by atoms with Crippen LogP contribution < -0.4 is 0 Å². The van der Waals surface area contributed by atoms with Crippen LogP contribution in [0.15, 0.2) is 12.2 Å². The number of unbranched alkanes of at least 4 members (excludes halogenated alkanes) is 3. The van der Waals surface area contributed by atoms with E-state index in [9.17, 15) is 19.8 Å². The number of rotatable bonds is 16. The van der Waals surface area contributed by atoms with E-state index in [0.29, 0.717) is 29.1 Å². The molecular formula is C23H40O5S. The van der Waals surface area contributed by atoms with Crippen LogP contribution >= 0.6 is 11.8 Å². The van der Waals surface area contributed by atoms with Crippen molar-refractivity contribution in [3.8, 4) is 0 Å². The van der Waals surface area contributed by atoms with Gasteiger partial charge in [-0.1, -0.05) is 38.7 Å². The van der Waals surface area contributed by atoms with Crippen LogP contribution in [0.25, 0.3) is 0 Å². The maximum Gasteiger partial charge on any atom is 0.330 e. The van der Waals surface area contributed by atoms with Crippen LogP contribution in [0, 0.1) is 11.8 Å². The molecule has 1 aliphatic rings. The summed E-state index contributed by atoms with van der Waals surface area (Å²) < 4.78 is 4.58. The third kappa shape index (κ3) is 10.7. The zero-order valence-corrected chi connectivity index (χ0v) is 19.0. The van der Waals surface area contributed by atoms with Crippen molar-refractivity contribution in [2.45, 2.75) is 88.9 Å². The van der Waals surface area contributed by atoms with E-state index in [4.69, 9.17) is 0 Å². The van der Waals surface area contributed by atoms with E-state index < -0.39 is 0 Å². The van der Waals surface area contributed by atoms with Crippen molar-refractivity contribution in [3.05, 3.63) is 12.2 Å². The van der Waals surface area contributed by atoms with E-state index >= 15 is 0 Å². The SMILES string of the molecule is CCCCC(O)CCC[C@H]1[C@H](SCCO)CC(=O)[C@@H]1CCCCC=CC(=O)OC. The predicted octanol–water partition coefficient (Wildman–Crippen LogP) is 4.30. The van der Waals surface area contributed by atoms with Crippen molar-refractivity contribution in [1.82, 2.24) is 0 Å². The van der Waals surface area contributed by atoms with Gasteiger partial charge in [0.2, 0.25) is 0 Å². The predicted molar refractivity (Wildman–Crippen MR) is 119 cm³/mol. The highest BCUT2D eigenvalue weighted by Gasteiger charge is 2.41. The van der Waals surface area contributed by atoms with Gasteiger partial charge in [-0.2, -0.15) is 11.8 Å². The number of esters is 1. The number of ether oxygens (including phenoxy) is 1. The lowest BCUT2D eigenvalue weighted by Gasteiger charge is -2.24. The summed E-state index contributed by atoms with van der Waals surface area (Å²) in [6, 6.07) is 0. The Morgan fingerprint density at radius 1 is 1.24 bits per heavy atom. The van der Waals surface area contributed by atoms with Gasteiger partial charge in [0, 0.05) is 29.4 Å². The van der Waals surface area contributed by atoms with Gasteiger partial charge in [-0.15, -0.1) is 0 Å². The lowest BCUT2D eigenvalue weighted by atomic mass is 9.86. The first-order chi connectivity index (χ1) is 14.0. The first-order valence-corrected chi connectivity index (χ1v) is 12.3. The fourth-order valence-electron chi connectivity index (χ4n) is 4.19. The van der Waals surface area contributed by atoms with E-state index in [1.165, 1.54) is 13.2 Å². The van der Waals surface area contributed by atoms with E-state index in [2.05, 4.69) is 11.7 Å². The van der Waals surface area contributed by atoms with Crippen LogP contribution in [-0.4, -0.2) is 52.8 Å². The van der Waals surface area contributed by atoms with Crippen molar-refractivity contribution in [2.24, 2.45) is 11.8 Å². The van der Waals surface area contributed by atoms with Crippen LogP contribution in [0.3, 0.4) is 0 Å². The van der Waals surface area contributed by atoms with Crippen LogP contribution in [0.4, 0.5) is 0 Å². The standard InChI is InChI=1S/C23H40O5S/c1-3-4-10-18(25)11-9-13-20-19(21(26)17-22(20)29-16-15-24)12-7-5-6-8-14-23(27)28-2/h8,14,18-20,22,24-25H,3-7,9-13,15-17H2,1-2H3/t18?,19-,20-,22-/m1/s1. The number of carbonyl (C=O) groups excluding carboxylic acids is 2. The van der Waals surface area contributed by atoms with Gasteiger partial charge in [-0.05, 0) is 44.4 Å². The Morgan fingerprint density at radius 3 is 2.69 bits per heavy atom. The molecule has 168 valence electrons. The van der Waals surface area contributed by atoms with Crippen molar-refractivity contribution >= 4 is 23.5 Å². The van der Waals surface area contributed by atoms with E-state index in [0.717, 1.165) is 64.2 Å². The van der Waals surface area contributed by atoms with Crippen molar-refractivity contribution in [1.29, 1.82) is 0 Å². The van der Waals surface area contributed by atoms with Crippen LogP contribution in [0.5, 0.6) is 0 Å². The zero-order chi connectivity index (χ0) is 21.5. The molecule has 0 saturated heterocycles. The molecule has 0 bridgehead atoms. The molecule has 0 aromatic heterocycles. The largest absolute Gasteiger partial charge is 0.466 e. The molecule has 29 heavy (non-hydrogen) atoms. The Hall–Kier alpha value is -0.850. The Morgan fingerprint density at radius 2 is 2.00 bits per heavy atom. The molecular weight excluding hydrogens is 388 g/mol. The molecule has 1 saturated carbocycles. The van der Waals surface area contributed by atoms with Gasteiger partial charge in [-0.25, -0.2) is 4.79 Å². The summed E-state index contributed by atoms with van der Waals surface area (Å²) in [5.74, 6) is 1.16. The van der Waals surface area contributed by atoms with Gasteiger partial charge in [0.1, 0.15) is 5.78 Å². The fraction of sp³-hybridized carbons (Fsp3) is 0.826. The lowest BCUT2D eigenvalue weighted by Crippen LogP contribution is -2.20. The van der Waals surface area contributed by atoms with Gasteiger partial charge in [0.15, 0.2) is 0 Å². The lowest BCUT2D eigenvalue weighted by molar-refractivity contribution is -0.134. The normalized spacial score (nSPS) is 23.0. The highest BCUT2D eigenvalue weighted by molar-refractivity contribution is 8.00. The van der Waals surface area contributed by atoms with Gasteiger partial charge in [0.05, 0.1) is 19.8 Å². The highest BCUT2D eigenvalue weighted by atomic mass is 32.2. The Kier molecular flexibility index (Phi) is 14.4. The first kappa shape index (κ1) is 26.2. The van der Waals surface area contributed by atoms with Crippen molar-refractivity contribution < 1.29 is 24.5 Å². The molecule has 0 amide bonds. The number of aliphatic hydroxyl groups excluding tert-OH is 2. The van der Waals surface area contributed by atoms with E-state index in [1.807, 2.05) is 6.08 Å². The molecule has 2 N–H and O–H groups in total. The molecule has 1 fully saturated rings. The summed E-state index contributed by atoms with van der Waals surface area (Å²) in [7, 11) is 1.37. The Labute approximate surface area is 180 Å². The molecule has 1 aliphatic carbocycles. The fourth-order valence-corrected chi connectivity index (χ4v) is 5.46. The van der Waals surface area contributed by atoms with Gasteiger partial charge in [0.25, 0.3) is 0 Å². The second-order valence-electron chi connectivity index (χ2n) is 8.01. The molecule has 0 aliphatic heterocycles. The summed E-state index contributed by atoms with van der Waals surface area (Å²) in [5, 5.41) is 19.6. The topological polar surface area (TPSA) is 83.8 Å². The Bertz CT molecular complexity index is 494. The monoisotopic (exact) mass is 428 g/mol. The minimum Gasteiger partial charge on any atom is -0.466 e. The number of hydrogen-bond donors (Lipinski definition) is 2. The maximum absolute atomic E-state index is 12.6. The maximum atomic E-state index is 12.6. The number of hydrogen-bond acceptors (Lipinski definition) is 6. The van der Waals surface area contributed by atoms with Gasteiger partial charge in [-0.3, -0.25) is 4.79 Å². The average molecular weight is 429 g/mol. The number of allylic oxidation sites excluding steroid dienone is 1. The molecule has 1 unspecified atom stereocenters. The molecule has 0 spiro atoms. The smallest absolute Gasteiger partial charge is 0.330 e. The minimum atomic E-state index is -0.332. The molecule has 1 rings (SSSR count). The number of methoxy groups -OCH3 is 1. The minimum absolute atomic E-state index is 0.101.